The SMILES string of the molecule is CC(C)OC(O)Nc1ccc(C2=NN(C(=O)c3ccc(Br)cc3)C(c3ccccn3)C2)cc1. The number of anilines is 1. The highest BCUT2D eigenvalue weighted by molar-refractivity contribution is 9.10. The molecular weight excluding hydrogens is 484 g/mol. The number of benzene rings is 2. The molecule has 0 spiro atoms. The minimum atomic E-state index is -1.09. The van der Waals surface area contributed by atoms with Gasteiger partial charge in [-0.2, -0.15) is 5.10 Å². The molecule has 0 saturated carbocycles. The van der Waals surface area contributed by atoms with Crippen molar-refractivity contribution in [1.82, 2.24) is 9.99 Å². The maximum atomic E-state index is 13.3. The molecule has 0 radical (unpaired) electrons. The van der Waals surface area contributed by atoms with Crippen LogP contribution in [-0.4, -0.2) is 39.2 Å². The first kappa shape index (κ1) is 23.1. The summed E-state index contributed by atoms with van der Waals surface area (Å²) in [6.07, 6.45) is 1.08. The number of rotatable bonds is 7. The van der Waals surface area contributed by atoms with Crippen molar-refractivity contribution in [2.75, 3.05) is 5.32 Å². The summed E-state index contributed by atoms with van der Waals surface area (Å²) < 4.78 is 6.21. The van der Waals surface area contributed by atoms with E-state index in [2.05, 4.69) is 26.2 Å². The molecule has 170 valence electrons. The van der Waals surface area contributed by atoms with Gasteiger partial charge in [0.1, 0.15) is 6.04 Å². The average Bonchev–Trinajstić information content (AvgIpc) is 3.25. The quantitative estimate of drug-likeness (QED) is 0.441. The van der Waals surface area contributed by atoms with Crippen LogP contribution in [-0.2, 0) is 4.74 Å². The highest BCUT2D eigenvalue weighted by Gasteiger charge is 2.34. The van der Waals surface area contributed by atoms with Crippen molar-refractivity contribution >= 4 is 33.2 Å². The zero-order chi connectivity index (χ0) is 23.4. The Morgan fingerprint density at radius 3 is 2.48 bits per heavy atom. The van der Waals surface area contributed by atoms with Crippen LogP contribution < -0.4 is 5.32 Å². The van der Waals surface area contributed by atoms with Gasteiger partial charge < -0.3 is 15.2 Å². The molecule has 0 fully saturated rings. The lowest BCUT2D eigenvalue weighted by molar-refractivity contribution is -0.105. The normalized spacial score (nSPS) is 16.6. The molecule has 7 nitrogen and oxygen atoms in total. The van der Waals surface area contributed by atoms with Gasteiger partial charge in [-0.1, -0.05) is 34.1 Å². The third-order valence-electron chi connectivity index (χ3n) is 5.15. The van der Waals surface area contributed by atoms with Gasteiger partial charge >= 0.3 is 0 Å². The third kappa shape index (κ3) is 5.65. The molecule has 1 aromatic heterocycles. The summed E-state index contributed by atoms with van der Waals surface area (Å²) in [6.45, 7) is 3.71. The van der Waals surface area contributed by atoms with Crippen molar-refractivity contribution < 1.29 is 14.6 Å². The summed E-state index contributed by atoms with van der Waals surface area (Å²) in [5, 5.41) is 19.0. The fourth-order valence-corrected chi connectivity index (χ4v) is 3.86. The number of nitrogens with zero attached hydrogens (tertiary/aromatic N) is 3. The average molecular weight is 509 g/mol. The van der Waals surface area contributed by atoms with Crippen LogP contribution in [0.3, 0.4) is 0 Å². The Balaban J connectivity index is 1.58. The standard InChI is InChI=1S/C25H25BrN4O3/c1-16(2)33-25(32)28-20-12-8-17(9-13-20)22-15-23(21-5-3-4-14-27-21)30(29-22)24(31)18-6-10-19(26)11-7-18/h3-14,16,23,25,28,32H,15H2,1-2H3. The molecule has 8 heteroatoms. The second-order valence-corrected chi connectivity index (χ2v) is 8.85. The van der Waals surface area contributed by atoms with Crippen molar-refractivity contribution in [1.29, 1.82) is 0 Å². The number of amides is 1. The zero-order valence-corrected chi connectivity index (χ0v) is 19.9. The molecule has 33 heavy (non-hydrogen) atoms. The van der Waals surface area contributed by atoms with Gasteiger partial charge in [0.25, 0.3) is 5.91 Å². The van der Waals surface area contributed by atoms with Crippen LogP contribution in [0.2, 0.25) is 0 Å². The molecule has 2 heterocycles. The largest absolute Gasteiger partial charge is 0.351 e. The molecule has 1 aliphatic rings. The maximum Gasteiger partial charge on any atom is 0.274 e. The van der Waals surface area contributed by atoms with Crippen LogP contribution in [0.25, 0.3) is 0 Å². The number of ether oxygens (including phenoxy) is 1. The van der Waals surface area contributed by atoms with Crippen LogP contribution in [0.4, 0.5) is 5.69 Å². The zero-order valence-electron chi connectivity index (χ0n) is 18.4. The van der Waals surface area contributed by atoms with E-state index in [0.29, 0.717) is 12.0 Å². The predicted molar refractivity (Wildman–Crippen MR) is 131 cm³/mol. The number of carbonyl (C=O) groups excluding carboxylic acids is 1. The van der Waals surface area contributed by atoms with Gasteiger partial charge in [0, 0.05) is 28.3 Å². The van der Waals surface area contributed by atoms with Crippen LogP contribution in [0.1, 0.15) is 47.9 Å². The van der Waals surface area contributed by atoms with Gasteiger partial charge in [-0.3, -0.25) is 9.78 Å². The lowest BCUT2D eigenvalue weighted by atomic mass is 10.0. The summed E-state index contributed by atoms with van der Waals surface area (Å²) in [4.78, 5) is 17.8. The first-order chi connectivity index (χ1) is 15.9. The second-order valence-electron chi connectivity index (χ2n) is 7.94. The maximum absolute atomic E-state index is 13.3. The number of aliphatic hydroxyl groups excluding tert-OH is 1. The van der Waals surface area contributed by atoms with Crippen molar-refractivity contribution in [3.05, 3.63) is 94.2 Å². The molecule has 2 unspecified atom stereocenters. The molecule has 2 N–H and O–H groups in total. The molecule has 1 aliphatic heterocycles. The van der Waals surface area contributed by atoms with E-state index in [1.807, 2.05) is 68.4 Å². The third-order valence-corrected chi connectivity index (χ3v) is 5.68. The van der Waals surface area contributed by atoms with E-state index in [1.165, 1.54) is 5.01 Å². The van der Waals surface area contributed by atoms with Crippen molar-refractivity contribution in [2.24, 2.45) is 5.10 Å². The molecular formula is C25H25BrN4O3. The number of pyridine rings is 1. The van der Waals surface area contributed by atoms with Crippen LogP contribution in [0, 0.1) is 0 Å². The summed E-state index contributed by atoms with van der Waals surface area (Å²) in [5.74, 6) is -0.180. The predicted octanol–water partition coefficient (Wildman–Crippen LogP) is 4.95. The van der Waals surface area contributed by atoms with Crippen molar-refractivity contribution in [2.45, 2.75) is 38.8 Å². The molecule has 4 rings (SSSR count). The number of hydrogen-bond acceptors (Lipinski definition) is 6. The number of aliphatic hydroxyl groups is 1. The topological polar surface area (TPSA) is 87.0 Å². The Hall–Kier alpha value is -3.07. The summed E-state index contributed by atoms with van der Waals surface area (Å²) in [6, 6.07) is 20.1. The number of aromatic nitrogens is 1. The van der Waals surface area contributed by atoms with Gasteiger partial charge in [-0.05, 0) is 67.9 Å². The smallest absolute Gasteiger partial charge is 0.274 e. The molecule has 0 saturated heterocycles. The van der Waals surface area contributed by atoms with Crippen molar-refractivity contribution in [3.63, 3.8) is 0 Å². The second kappa shape index (κ2) is 10.2. The minimum Gasteiger partial charge on any atom is -0.351 e. The first-order valence-electron chi connectivity index (χ1n) is 10.7. The van der Waals surface area contributed by atoms with Gasteiger partial charge in [-0.25, -0.2) is 5.01 Å². The van der Waals surface area contributed by atoms with E-state index >= 15 is 0 Å². The monoisotopic (exact) mass is 508 g/mol. The van der Waals surface area contributed by atoms with Gasteiger partial charge in [-0.15, -0.1) is 0 Å². The minimum absolute atomic E-state index is 0.0996. The molecule has 0 bridgehead atoms. The van der Waals surface area contributed by atoms with E-state index < -0.39 is 6.41 Å². The fraction of sp³-hybridized carbons (Fsp3) is 0.240. The highest BCUT2D eigenvalue weighted by Crippen LogP contribution is 2.33. The lowest BCUT2D eigenvalue weighted by Crippen LogP contribution is -2.27. The number of nitrogens with one attached hydrogen (secondary N) is 1. The molecule has 0 aliphatic carbocycles. The number of carbonyl (C=O) groups is 1. The van der Waals surface area contributed by atoms with E-state index in [1.54, 1.807) is 18.3 Å². The Kier molecular flexibility index (Phi) is 7.17. The van der Waals surface area contributed by atoms with E-state index in [4.69, 9.17) is 9.84 Å². The first-order valence-corrected chi connectivity index (χ1v) is 11.5. The summed E-state index contributed by atoms with van der Waals surface area (Å²) in [5.41, 5.74) is 3.75. The van der Waals surface area contributed by atoms with Crippen LogP contribution >= 0.6 is 15.9 Å². The number of halogens is 1. The summed E-state index contributed by atoms with van der Waals surface area (Å²) >= 11 is 3.41. The number of hydrogen-bond donors (Lipinski definition) is 2. The summed E-state index contributed by atoms with van der Waals surface area (Å²) in [7, 11) is 0. The fourth-order valence-electron chi connectivity index (χ4n) is 3.59. The molecule has 1 amide bonds. The molecule has 2 atom stereocenters. The Morgan fingerprint density at radius 2 is 1.85 bits per heavy atom. The van der Waals surface area contributed by atoms with Crippen LogP contribution in [0.15, 0.2) is 82.5 Å². The highest BCUT2D eigenvalue weighted by atomic mass is 79.9. The molecule has 3 aromatic rings. The van der Waals surface area contributed by atoms with Crippen LogP contribution in [0.5, 0.6) is 0 Å². The molecule has 2 aromatic carbocycles. The van der Waals surface area contributed by atoms with Crippen molar-refractivity contribution in [3.8, 4) is 0 Å². The Morgan fingerprint density at radius 1 is 1.12 bits per heavy atom. The van der Waals surface area contributed by atoms with Gasteiger partial charge in [0.15, 0.2) is 0 Å². The van der Waals surface area contributed by atoms with E-state index in [-0.39, 0.29) is 18.1 Å². The Bertz CT molecular complexity index is 1120. The van der Waals surface area contributed by atoms with E-state index in [0.717, 1.165) is 27.1 Å². The number of hydrazone groups is 1. The Labute approximate surface area is 201 Å². The van der Waals surface area contributed by atoms with Gasteiger partial charge in [0.2, 0.25) is 6.41 Å². The lowest BCUT2D eigenvalue weighted by Gasteiger charge is -2.21. The van der Waals surface area contributed by atoms with Gasteiger partial charge in [0.05, 0.1) is 17.5 Å². The van der Waals surface area contributed by atoms with E-state index in [9.17, 15) is 9.90 Å².